The Morgan fingerprint density at radius 2 is 1.69 bits per heavy atom. The zero-order valence-electron chi connectivity index (χ0n) is 8.49. The van der Waals surface area contributed by atoms with Crippen molar-refractivity contribution in [2.45, 2.75) is 52.1 Å². The van der Waals surface area contributed by atoms with Crippen LogP contribution < -0.4 is 0 Å². The maximum Gasteiger partial charge on any atom is 0.290 e. The van der Waals surface area contributed by atoms with Crippen molar-refractivity contribution in [3.63, 3.8) is 0 Å². The maximum absolute atomic E-state index is 9.44. The van der Waals surface area contributed by atoms with Gasteiger partial charge in [-0.25, -0.2) is 0 Å². The fourth-order valence-corrected chi connectivity index (χ4v) is 1.78. The predicted molar refractivity (Wildman–Crippen MR) is 51.6 cm³/mol. The van der Waals surface area contributed by atoms with Gasteiger partial charge in [0.05, 0.1) is 6.10 Å². The molecule has 78 valence electrons. The highest BCUT2D eigenvalue weighted by Crippen LogP contribution is 2.38. The quantitative estimate of drug-likeness (QED) is 0.619. The van der Waals surface area contributed by atoms with Crippen LogP contribution in [0.3, 0.4) is 0 Å². The van der Waals surface area contributed by atoms with Crippen LogP contribution in [0, 0.1) is 5.41 Å². The molecule has 0 radical (unpaired) electrons. The van der Waals surface area contributed by atoms with Crippen LogP contribution in [0.15, 0.2) is 0 Å². The molecule has 1 fully saturated rings. The number of carbonyl (C=O) groups is 1. The van der Waals surface area contributed by atoms with E-state index in [-0.39, 0.29) is 18.0 Å². The van der Waals surface area contributed by atoms with E-state index in [2.05, 4.69) is 6.92 Å². The van der Waals surface area contributed by atoms with Crippen LogP contribution >= 0.6 is 0 Å². The summed E-state index contributed by atoms with van der Waals surface area (Å²) in [5.41, 5.74) is 0.234. The van der Waals surface area contributed by atoms with Gasteiger partial charge in [-0.05, 0) is 25.2 Å². The Kier molecular flexibility index (Phi) is 5.71. The maximum atomic E-state index is 9.44. The average Bonchev–Trinajstić information content (AvgIpc) is 2.07. The summed E-state index contributed by atoms with van der Waals surface area (Å²) in [5, 5.41) is 16.3. The molecule has 0 aromatic heterocycles. The second-order valence-electron chi connectivity index (χ2n) is 4.00. The van der Waals surface area contributed by atoms with E-state index in [0.717, 1.165) is 0 Å². The van der Waals surface area contributed by atoms with Gasteiger partial charge in [0.25, 0.3) is 6.47 Å². The molecule has 3 nitrogen and oxygen atoms in total. The predicted octanol–water partition coefficient (Wildman–Crippen LogP) is 2.04. The Bertz CT molecular complexity index is 137. The van der Waals surface area contributed by atoms with Gasteiger partial charge in [0, 0.05) is 0 Å². The molecule has 0 aromatic carbocycles. The third-order valence-electron chi connectivity index (χ3n) is 3.00. The van der Waals surface area contributed by atoms with E-state index < -0.39 is 0 Å². The SMILES string of the molecule is CC(O)C1(C)CCCCC1.O=CO. The number of hydrogen-bond donors (Lipinski definition) is 2. The lowest BCUT2D eigenvalue weighted by atomic mass is 9.72. The van der Waals surface area contributed by atoms with Gasteiger partial charge in [0.1, 0.15) is 0 Å². The Labute approximate surface area is 79.8 Å². The molecule has 0 aliphatic heterocycles. The van der Waals surface area contributed by atoms with Gasteiger partial charge in [-0.1, -0.05) is 26.2 Å². The highest BCUT2D eigenvalue weighted by atomic mass is 16.3. The summed E-state index contributed by atoms with van der Waals surface area (Å²) in [6.45, 7) is 3.88. The molecule has 1 saturated carbocycles. The van der Waals surface area contributed by atoms with Crippen molar-refractivity contribution in [2.24, 2.45) is 5.41 Å². The summed E-state index contributed by atoms with van der Waals surface area (Å²) in [4.78, 5) is 8.36. The lowest BCUT2D eigenvalue weighted by Gasteiger charge is -2.36. The summed E-state index contributed by atoms with van der Waals surface area (Å²) in [5.74, 6) is 0. The smallest absolute Gasteiger partial charge is 0.290 e. The summed E-state index contributed by atoms with van der Waals surface area (Å²) >= 11 is 0. The van der Waals surface area contributed by atoms with Crippen LogP contribution in [0.4, 0.5) is 0 Å². The Hall–Kier alpha value is -0.570. The number of aliphatic hydroxyl groups is 1. The van der Waals surface area contributed by atoms with E-state index >= 15 is 0 Å². The molecule has 1 aliphatic carbocycles. The monoisotopic (exact) mass is 188 g/mol. The molecule has 1 unspecified atom stereocenters. The van der Waals surface area contributed by atoms with Gasteiger partial charge >= 0.3 is 0 Å². The van der Waals surface area contributed by atoms with Gasteiger partial charge in [0.2, 0.25) is 0 Å². The fourth-order valence-electron chi connectivity index (χ4n) is 1.78. The first-order valence-electron chi connectivity index (χ1n) is 4.83. The van der Waals surface area contributed by atoms with Crippen molar-refractivity contribution in [3.05, 3.63) is 0 Å². The Morgan fingerprint density at radius 1 is 1.31 bits per heavy atom. The zero-order valence-corrected chi connectivity index (χ0v) is 8.49. The molecule has 0 saturated heterocycles. The molecule has 3 heteroatoms. The van der Waals surface area contributed by atoms with Crippen molar-refractivity contribution in [1.29, 1.82) is 0 Å². The molecule has 2 N–H and O–H groups in total. The molecule has 0 amide bonds. The minimum Gasteiger partial charge on any atom is -0.483 e. The summed E-state index contributed by atoms with van der Waals surface area (Å²) in [7, 11) is 0. The first-order valence-corrected chi connectivity index (χ1v) is 4.83. The van der Waals surface area contributed by atoms with Gasteiger partial charge in [-0.15, -0.1) is 0 Å². The third kappa shape index (κ3) is 4.27. The van der Waals surface area contributed by atoms with Gasteiger partial charge in [-0.3, -0.25) is 4.79 Å². The Balaban J connectivity index is 0.000000424. The molecule has 0 spiro atoms. The first-order chi connectivity index (χ1) is 6.06. The van der Waals surface area contributed by atoms with Gasteiger partial charge < -0.3 is 10.2 Å². The summed E-state index contributed by atoms with van der Waals surface area (Å²) < 4.78 is 0. The van der Waals surface area contributed by atoms with Gasteiger partial charge in [0.15, 0.2) is 0 Å². The molecular formula is C10H20O3. The van der Waals surface area contributed by atoms with Crippen LogP contribution in [0.2, 0.25) is 0 Å². The molecule has 0 heterocycles. The van der Waals surface area contributed by atoms with E-state index in [1.165, 1.54) is 32.1 Å². The number of aliphatic hydroxyl groups excluding tert-OH is 1. The standard InChI is InChI=1S/C9H18O.CH2O2/c1-8(10)9(2)6-4-3-5-7-9;2-1-3/h8,10H,3-7H2,1-2H3;1H,(H,2,3). The minimum absolute atomic E-state index is 0.118. The van der Waals surface area contributed by atoms with Crippen molar-refractivity contribution in [1.82, 2.24) is 0 Å². The van der Waals surface area contributed by atoms with Crippen LogP contribution in [0.25, 0.3) is 0 Å². The normalized spacial score (nSPS) is 22.4. The van der Waals surface area contributed by atoms with E-state index in [4.69, 9.17) is 9.90 Å². The summed E-state index contributed by atoms with van der Waals surface area (Å²) in [6, 6.07) is 0. The minimum atomic E-state index is -0.250. The molecule has 0 aromatic rings. The van der Waals surface area contributed by atoms with E-state index in [1.54, 1.807) is 0 Å². The first kappa shape index (κ1) is 12.4. The Morgan fingerprint density at radius 3 is 1.92 bits per heavy atom. The largest absolute Gasteiger partial charge is 0.483 e. The lowest BCUT2D eigenvalue weighted by molar-refractivity contribution is -0.122. The molecule has 1 atom stereocenters. The van der Waals surface area contributed by atoms with Crippen LogP contribution in [-0.2, 0) is 4.79 Å². The molecule has 1 aliphatic rings. The van der Waals surface area contributed by atoms with Crippen molar-refractivity contribution in [3.8, 4) is 0 Å². The summed E-state index contributed by atoms with van der Waals surface area (Å²) in [6.07, 6.45) is 6.29. The molecule has 13 heavy (non-hydrogen) atoms. The van der Waals surface area contributed by atoms with Crippen LogP contribution in [0.1, 0.15) is 46.0 Å². The molecule has 0 bridgehead atoms. The van der Waals surface area contributed by atoms with E-state index in [1.807, 2.05) is 6.92 Å². The second-order valence-corrected chi connectivity index (χ2v) is 4.00. The van der Waals surface area contributed by atoms with Gasteiger partial charge in [-0.2, -0.15) is 0 Å². The van der Waals surface area contributed by atoms with E-state index in [9.17, 15) is 5.11 Å². The number of rotatable bonds is 1. The fraction of sp³-hybridized carbons (Fsp3) is 0.900. The number of hydrogen-bond acceptors (Lipinski definition) is 2. The number of carboxylic acid groups (broad SMARTS) is 1. The van der Waals surface area contributed by atoms with Crippen molar-refractivity contribution in [2.75, 3.05) is 0 Å². The van der Waals surface area contributed by atoms with E-state index in [0.29, 0.717) is 0 Å². The average molecular weight is 188 g/mol. The van der Waals surface area contributed by atoms with Crippen molar-refractivity contribution < 1.29 is 15.0 Å². The molecular weight excluding hydrogens is 168 g/mol. The zero-order chi connectivity index (χ0) is 10.3. The highest BCUT2D eigenvalue weighted by molar-refractivity contribution is 5.32. The second kappa shape index (κ2) is 5.97. The third-order valence-corrected chi connectivity index (χ3v) is 3.00. The van der Waals surface area contributed by atoms with Crippen LogP contribution in [0.5, 0.6) is 0 Å². The van der Waals surface area contributed by atoms with Crippen molar-refractivity contribution >= 4 is 6.47 Å². The lowest BCUT2D eigenvalue weighted by Crippen LogP contribution is -2.31. The highest BCUT2D eigenvalue weighted by Gasteiger charge is 2.31. The van der Waals surface area contributed by atoms with Crippen LogP contribution in [-0.4, -0.2) is 22.8 Å². The topological polar surface area (TPSA) is 57.5 Å². The molecule has 1 rings (SSSR count).